The van der Waals surface area contributed by atoms with Gasteiger partial charge in [0.1, 0.15) is 0 Å². The van der Waals surface area contributed by atoms with Gasteiger partial charge in [0.05, 0.1) is 0 Å². The third-order valence-electron chi connectivity index (χ3n) is 2.10. The van der Waals surface area contributed by atoms with Crippen LogP contribution < -0.4 is 0 Å². The quantitative estimate of drug-likeness (QED) is 0.656. The maximum absolute atomic E-state index is 13.0. The van der Waals surface area contributed by atoms with E-state index < -0.39 is 11.6 Å². The molecule has 0 atom stereocenters. The molecular weight excluding hydrogens is 226 g/mol. The first-order valence-electron chi connectivity index (χ1n) is 5.16. The molecule has 0 spiro atoms. The maximum Gasteiger partial charge on any atom is 0.159 e. The second-order valence-corrected chi connectivity index (χ2v) is 3.87. The largest absolute Gasteiger partial charge is 0.204 e. The average Bonchev–Trinajstić information content (AvgIpc) is 2.79. The first-order valence-corrected chi connectivity index (χ1v) is 6.11. The summed E-state index contributed by atoms with van der Waals surface area (Å²) in [5.74, 6) is -1.58. The van der Waals surface area contributed by atoms with Gasteiger partial charge in [0.2, 0.25) is 0 Å². The Bertz CT molecular complexity index is 447. The molecule has 1 heterocycles. The molecule has 0 aliphatic rings. The van der Waals surface area contributed by atoms with Gasteiger partial charge in [0, 0.05) is 0 Å². The summed E-state index contributed by atoms with van der Waals surface area (Å²) in [6.45, 7) is 5.77. The number of thiophene rings is 1. The highest BCUT2D eigenvalue weighted by molar-refractivity contribution is 7.08. The van der Waals surface area contributed by atoms with Crippen molar-refractivity contribution in [3.8, 4) is 11.1 Å². The SMILES string of the molecule is CC.Cc1cc(F)c(F)cc1-c1ccsc1. The number of hydrogen-bond acceptors (Lipinski definition) is 1. The normalized spacial score (nSPS) is 9.56. The van der Waals surface area contributed by atoms with Crippen molar-refractivity contribution in [2.45, 2.75) is 20.8 Å². The number of halogens is 2. The molecule has 0 fully saturated rings. The van der Waals surface area contributed by atoms with Crippen LogP contribution in [0.25, 0.3) is 11.1 Å². The summed E-state index contributed by atoms with van der Waals surface area (Å²) in [5.41, 5.74) is 2.44. The Balaban J connectivity index is 0.000000606. The molecule has 3 heteroatoms. The highest BCUT2D eigenvalue weighted by Gasteiger charge is 2.08. The highest BCUT2D eigenvalue weighted by Crippen LogP contribution is 2.27. The van der Waals surface area contributed by atoms with Gasteiger partial charge in [-0.25, -0.2) is 8.78 Å². The van der Waals surface area contributed by atoms with Crippen LogP contribution in [0.2, 0.25) is 0 Å². The topological polar surface area (TPSA) is 0 Å². The van der Waals surface area contributed by atoms with Gasteiger partial charge in [0.15, 0.2) is 11.6 Å². The fourth-order valence-electron chi connectivity index (χ4n) is 1.38. The Morgan fingerprint density at radius 2 is 1.69 bits per heavy atom. The zero-order valence-electron chi connectivity index (χ0n) is 9.55. The molecule has 0 aliphatic carbocycles. The van der Waals surface area contributed by atoms with E-state index in [1.165, 1.54) is 23.5 Å². The first kappa shape index (κ1) is 12.8. The van der Waals surface area contributed by atoms with Gasteiger partial charge in [-0.05, 0) is 52.6 Å². The molecule has 16 heavy (non-hydrogen) atoms. The molecule has 0 radical (unpaired) electrons. The molecule has 0 nitrogen and oxygen atoms in total. The third kappa shape index (κ3) is 2.67. The molecule has 2 rings (SSSR count). The molecule has 0 unspecified atom stereocenters. The number of rotatable bonds is 1. The minimum Gasteiger partial charge on any atom is -0.204 e. The zero-order chi connectivity index (χ0) is 12.1. The van der Waals surface area contributed by atoms with Crippen LogP contribution in [-0.2, 0) is 0 Å². The van der Waals surface area contributed by atoms with Crippen molar-refractivity contribution < 1.29 is 8.78 Å². The van der Waals surface area contributed by atoms with E-state index in [4.69, 9.17) is 0 Å². The third-order valence-corrected chi connectivity index (χ3v) is 2.78. The second kappa shape index (κ2) is 5.75. The predicted octanol–water partition coefficient (Wildman–Crippen LogP) is 5.03. The Hall–Kier alpha value is -1.22. The zero-order valence-corrected chi connectivity index (χ0v) is 10.4. The molecule has 1 aromatic heterocycles. The van der Waals surface area contributed by atoms with Crippen molar-refractivity contribution in [3.05, 3.63) is 46.2 Å². The van der Waals surface area contributed by atoms with E-state index in [0.29, 0.717) is 0 Å². The van der Waals surface area contributed by atoms with Crippen molar-refractivity contribution in [1.82, 2.24) is 0 Å². The Labute approximate surface area is 98.6 Å². The standard InChI is InChI=1S/C11H8F2S.C2H6/c1-7-4-10(12)11(13)5-9(7)8-2-3-14-6-8;1-2/h2-6H,1H3;1-2H3. The smallest absolute Gasteiger partial charge is 0.159 e. The summed E-state index contributed by atoms with van der Waals surface area (Å²) in [5, 5.41) is 3.83. The van der Waals surface area contributed by atoms with Gasteiger partial charge in [-0.3, -0.25) is 0 Å². The Morgan fingerprint density at radius 3 is 2.25 bits per heavy atom. The lowest BCUT2D eigenvalue weighted by Crippen LogP contribution is -1.88. The lowest BCUT2D eigenvalue weighted by molar-refractivity contribution is 0.508. The van der Waals surface area contributed by atoms with Gasteiger partial charge in [-0.1, -0.05) is 13.8 Å². The maximum atomic E-state index is 13.0. The highest BCUT2D eigenvalue weighted by atomic mass is 32.1. The molecule has 0 bridgehead atoms. The van der Waals surface area contributed by atoms with Crippen LogP contribution in [0, 0.1) is 18.6 Å². The minimum absolute atomic E-state index is 0.752. The van der Waals surface area contributed by atoms with E-state index in [1.54, 1.807) is 6.92 Å². The summed E-state index contributed by atoms with van der Waals surface area (Å²) >= 11 is 1.54. The summed E-state index contributed by atoms with van der Waals surface area (Å²) < 4.78 is 25.8. The summed E-state index contributed by atoms with van der Waals surface area (Å²) in [7, 11) is 0. The van der Waals surface area contributed by atoms with Gasteiger partial charge < -0.3 is 0 Å². The fraction of sp³-hybridized carbons (Fsp3) is 0.231. The van der Waals surface area contributed by atoms with Gasteiger partial charge in [-0.2, -0.15) is 11.3 Å². The van der Waals surface area contributed by atoms with E-state index >= 15 is 0 Å². The van der Waals surface area contributed by atoms with Crippen LogP contribution >= 0.6 is 11.3 Å². The number of benzene rings is 1. The second-order valence-electron chi connectivity index (χ2n) is 3.09. The fourth-order valence-corrected chi connectivity index (χ4v) is 2.03. The lowest BCUT2D eigenvalue weighted by atomic mass is 10.0. The van der Waals surface area contributed by atoms with Gasteiger partial charge >= 0.3 is 0 Å². The Morgan fingerprint density at radius 1 is 1.06 bits per heavy atom. The van der Waals surface area contributed by atoms with Crippen molar-refractivity contribution in [2.75, 3.05) is 0 Å². The molecule has 0 saturated heterocycles. The van der Waals surface area contributed by atoms with Crippen LogP contribution in [-0.4, -0.2) is 0 Å². The predicted molar refractivity (Wildman–Crippen MR) is 65.8 cm³/mol. The van der Waals surface area contributed by atoms with Gasteiger partial charge in [-0.15, -0.1) is 0 Å². The summed E-state index contributed by atoms with van der Waals surface area (Å²) in [6, 6.07) is 4.36. The van der Waals surface area contributed by atoms with Crippen molar-refractivity contribution in [3.63, 3.8) is 0 Å². The Kier molecular flexibility index (Phi) is 4.62. The summed E-state index contributed by atoms with van der Waals surface area (Å²) in [6.07, 6.45) is 0. The van der Waals surface area contributed by atoms with Crippen LogP contribution in [0.5, 0.6) is 0 Å². The monoisotopic (exact) mass is 240 g/mol. The summed E-state index contributed by atoms with van der Waals surface area (Å²) in [4.78, 5) is 0. The van der Waals surface area contributed by atoms with E-state index in [2.05, 4.69) is 0 Å². The van der Waals surface area contributed by atoms with Crippen LogP contribution in [0.4, 0.5) is 8.78 Å². The molecule has 1 aromatic carbocycles. The van der Waals surface area contributed by atoms with Crippen molar-refractivity contribution >= 4 is 11.3 Å². The number of hydrogen-bond donors (Lipinski definition) is 0. The average molecular weight is 240 g/mol. The molecular formula is C13H14F2S. The molecule has 0 N–H and O–H groups in total. The van der Waals surface area contributed by atoms with Crippen LogP contribution in [0.3, 0.4) is 0 Å². The number of aryl methyl sites for hydroxylation is 1. The van der Waals surface area contributed by atoms with Crippen LogP contribution in [0.1, 0.15) is 19.4 Å². The van der Waals surface area contributed by atoms with Crippen molar-refractivity contribution in [2.24, 2.45) is 0 Å². The van der Waals surface area contributed by atoms with E-state index in [9.17, 15) is 8.78 Å². The minimum atomic E-state index is -0.795. The van der Waals surface area contributed by atoms with E-state index in [0.717, 1.165) is 16.7 Å². The molecule has 0 saturated carbocycles. The molecule has 86 valence electrons. The van der Waals surface area contributed by atoms with Gasteiger partial charge in [0.25, 0.3) is 0 Å². The van der Waals surface area contributed by atoms with Crippen LogP contribution in [0.15, 0.2) is 29.0 Å². The van der Waals surface area contributed by atoms with E-state index in [-0.39, 0.29) is 0 Å². The first-order chi connectivity index (χ1) is 7.68. The van der Waals surface area contributed by atoms with E-state index in [1.807, 2.05) is 30.7 Å². The molecule has 2 aromatic rings. The molecule has 0 aliphatic heterocycles. The lowest BCUT2D eigenvalue weighted by Gasteiger charge is -2.04. The van der Waals surface area contributed by atoms with Crippen molar-refractivity contribution in [1.29, 1.82) is 0 Å². The molecule has 0 amide bonds.